The summed E-state index contributed by atoms with van der Waals surface area (Å²) in [6, 6.07) is 6.16. The zero-order valence-corrected chi connectivity index (χ0v) is 15.6. The molecule has 0 atom stereocenters. The Morgan fingerprint density at radius 3 is 2.69 bits per heavy atom. The molecule has 0 spiro atoms. The number of hydrogen-bond donors (Lipinski definition) is 1. The van der Waals surface area contributed by atoms with E-state index in [0.717, 1.165) is 42.9 Å². The summed E-state index contributed by atoms with van der Waals surface area (Å²) >= 11 is 1.28. The number of hydrogen-bond acceptors (Lipinski definition) is 5. The highest BCUT2D eigenvalue weighted by atomic mass is 32.2. The van der Waals surface area contributed by atoms with E-state index in [1.54, 1.807) is 4.90 Å². The van der Waals surface area contributed by atoms with Crippen molar-refractivity contribution in [3.63, 3.8) is 0 Å². The lowest BCUT2D eigenvalue weighted by molar-refractivity contribution is -0.121. The molecule has 1 saturated carbocycles. The fraction of sp³-hybridized carbons (Fsp3) is 0.579. The predicted octanol–water partition coefficient (Wildman–Crippen LogP) is 2.55. The molecule has 6 nitrogen and oxygen atoms in total. The molecule has 1 aromatic rings. The summed E-state index contributed by atoms with van der Waals surface area (Å²) in [7, 11) is 0. The molecular weight excluding hydrogens is 352 g/mol. The van der Waals surface area contributed by atoms with Gasteiger partial charge in [0, 0.05) is 24.3 Å². The number of fused-ring (bicyclic) bond motifs is 1. The van der Waals surface area contributed by atoms with Gasteiger partial charge in [-0.3, -0.25) is 9.59 Å². The maximum absolute atomic E-state index is 12.3. The summed E-state index contributed by atoms with van der Waals surface area (Å²) in [5.41, 5.74) is 1.14. The van der Waals surface area contributed by atoms with E-state index in [1.807, 2.05) is 6.07 Å². The number of nitrogens with zero attached hydrogens (tertiary/aromatic N) is 1. The molecule has 7 heteroatoms. The standard InChI is InChI=1S/C19H24N2O4S/c22-17(12-21-7-10-26-18(21)23)20-13-19(5-1-2-6-19)14-3-4-15-16(11-14)25-9-8-24-15/h3-4,11H,1-2,5-10,12-13H2,(H,20,22). The molecule has 1 aliphatic carbocycles. The Bertz CT molecular complexity index is 703. The second-order valence-corrected chi connectivity index (χ2v) is 8.20. The predicted molar refractivity (Wildman–Crippen MR) is 100 cm³/mol. The fourth-order valence-electron chi connectivity index (χ4n) is 4.06. The van der Waals surface area contributed by atoms with E-state index in [-0.39, 0.29) is 23.1 Å². The van der Waals surface area contributed by atoms with Gasteiger partial charge in [0.05, 0.1) is 0 Å². The lowest BCUT2D eigenvalue weighted by atomic mass is 9.78. The van der Waals surface area contributed by atoms with Gasteiger partial charge in [-0.2, -0.15) is 0 Å². The summed E-state index contributed by atoms with van der Waals surface area (Å²) in [5, 5.41) is 3.08. The van der Waals surface area contributed by atoms with Crippen LogP contribution in [0, 0.1) is 0 Å². The minimum absolute atomic E-state index is 0.00238. The Kier molecular flexibility index (Phi) is 4.98. The van der Waals surface area contributed by atoms with Crippen molar-refractivity contribution in [2.45, 2.75) is 31.1 Å². The van der Waals surface area contributed by atoms with Gasteiger partial charge in [0.2, 0.25) is 5.91 Å². The summed E-state index contributed by atoms with van der Waals surface area (Å²) in [6.07, 6.45) is 4.41. The van der Waals surface area contributed by atoms with Gasteiger partial charge in [0.25, 0.3) is 5.24 Å². The molecule has 2 aliphatic heterocycles. The molecule has 3 aliphatic rings. The van der Waals surface area contributed by atoms with Crippen molar-refractivity contribution >= 4 is 22.9 Å². The lowest BCUT2D eigenvalue weighted by Gasteiger charge is -2.31. The van der Waals surface area contributed by atoms with Crippen LogP contribution >= 0.6 is 11.8 Å². The van der Waals surface area contributed by atoms with Crippen LogP contribution in [0.4, 0.5) is 4.79 Å². The first-order valence-electron chi connectivity index (χ1n) is 9.25. The third kappa shape index (κ3) is 3.49. The first-order valence-corrected chi connectivity index (χ1v) is 10.2. The largest absolute Gasteiger partial charge is 0.486 e. The smallest absolute Gasteiger partial charge is 0.282 e. The summed E-state index contributed by atoms with van der Waals surface area (Å²) in [6.45, 7) is 2.57. The molecule has 1 N–H and O–H groups in total. The molecule has 2 amide bonds. The normalized spacial score (nSPS) is 21.1. The lowest BCUT2D eigenvalue weighted by Crippen LogP contribution is -2.43. The second kappa shape index (κ2) is 7.39. The number of carbonyl (C=O) groups excluding carboxylic acids is 2. The Hall–Kier alpha value is -1.89. The molecule has 0 aromatic heterocycles. The van der Waals surface area contributed by atoms with E-state index < -0.39 is 0 Å². The van der Waals surface area contributed by atoms with E-state index in [4.69, 9.17) is 9.47 Å². The highest BCUT2D eigenvalue weighted by molar-refractivity contribution is 8.13. The van der Waals surface area contributed by atoms with Gasteiger partial charge in [0.1, 0.15) is 19.8 Å². The average Bonchev–Trinajstić information content (AvgIpc) is 3.30. The van der Waals surface area contributed by atoms with Crippen molar-refractivity contribution in [1.29, 1.82) is 0 Å². The molecule has 140 valence electrons. The molecule has 1 aromatic carbocycles. The minimum Gasteiger partial charge on any atom is -0.486 e. The highest BCUT2D eigenvalue weighted by Crippen LogP contribution is 2.43. The minimum atomic E-state index is -0.0790. The number of ether oxygens (including phenoxy) is 2. The maximum Gasteiger partial charge on any atom is 0.282 e. The van der Waals surface area contributed by atoms with Crippen LogP contribution in [0.25, 0.3) is 0 Å². The van der Waals surface area contributed by atoms with Gasteiger partial charge in [-0.25, -0.2) is 0 Å². The zero-order chi connectivity index (χ0) is 18.0. The molecule has 0 unspecified atom stereocenters. The van der Waals surface area contributed by atoms with Crippen LogP contribution in [0.1, 0.15) is 31.2 Å². The molecule has 26 heavy (non-hydrogen) atoms. The van der Waals surface area contributed by atoms with Crippen LogP contribution in [0.2, 0.25) is 0 Å². The monoisotopic (exact) mass is 376 g/mol. The molecule has 1 saturated heterocycles. The maximum atomic E-state index is 12.3. The molecule has 4 rings (SSSR count). The van der Waals surface area contributed by atoms with Crippen molar-refractivity contribution < 1.29 is 19.1 Å². The summed E-state index contributed by atoms with van der Waals surface area (Å²) in [5.74, 6) is 2.28. The molecule has 2 fully saturated rings. The number of rotatable bonds is 5. The average molecular weight is 376 g/mol. The van der Waals surface area contributed by atoms with Gasteiger partial charge >= 0.3 is 0 Å². The van der Waals surface area contributed by atoms with Gasteiger partial charge < -0.3 is 19.7 Å². The van der Waals surface area contributed by atoms with Crippen molar-refractivity contribution in [2.24, 2.45) is 0 Å². The Balaban J connectivity index is 1.45. The third-order valence-electron chi connectivity index (χ3n) is 5.52. The Morgan fingerprint density at radius 2 is 1.96 bits per heavy atom. The summed E-state index contributed by atoms with van der Waals surface area (Å²) in [4.78, 5) is 25.6. The number of nitrogens with one attached hydrogen (secondary N) is 1. The quantitative estimate of drug-likeness (QED) is 0.855. The number of benzene rings is 1. The van der Waals surface area contributed by atoms with Crippen molar-refractivity contribution in [3.8, 4) is 11.5 Å². The van der Waals surface area contributed by atoms with Gasteiger partial charge in [-0.1, -0.05) is 30.7 Å². The van der Waals surface area contributed by atoms with Gasteiger partial charge in [0.15, 0.2) is 11.5 Å². The van der Waals surface area contributed by atoms with Crippen LogP contribution in [-0.2, 0) is 10.2 Å². The van der Waals surface area contributed by atoms with E-state index in [9.17, 15) is 9.59 Å². The van der Waals surface area contributed by atoms with Crippen LogP contribution in [0.5, 0.6) is 11.5 Å². The first-order chi connectivity index (χ1) is 12.7. The van der Waals surface area contributed by atoms with Crippen LogP contribution < -0.4 is 14.8 Å². The zero-order valence-electron chi connectivity index (χ0n) is 14.8. The topological polar surface area (TPSA) is 67.9 Å². The molecular formula is C19H24N2O4S. The van der Waals surface area contributed by atoms with Crippen LogP contribution in [0.3, 0.4) is 0 Å². The van der Waals surface area contributed by atoms with E-state index in [2.05, 4.69) is 17.4 Å². The van der Waals surface area contributed by atoms with Crippen molar-refractivity contribution in [2.75, 3.05) is 38.6 Å². The second-order valence-electron chi connectivity index (χ2n) is 7.16. The molecule has 0 bridgehead atoms. The molecule has 0 radical (unpaired) electrons. The van der Waals surface area contributed by atoms with Crippen molar-refractivity contribution in [1.82, 2.24) is 10.2 Å². The number of amides is 2. The van der Waals surface area contributed by atoms with Crippen LogP contribution in [0.15, 0.2) is 18.2 Å². The first kappa shape index (κ1) is 17.5. The van der Waals surface area contributed by atoms with E-state index in [0.29, 0.717) is 26.3 Å². The summed E-state index contributed by atoms with van der Waals surface area (Å²) < 4.78 is 11.4. The molecule has 2 heterocycles. The van der Waals surface area contributed by atoms with E-state index >= 15 is 0 Å². The van der Waals surface area contributed by atoms with Gasteiger partial charge in [-0.05, 0) is 30.5 Å². The number of thioether (sulfide) groups is 1. The van der Waals surface area contributed by atoms with Crippen LogP contribution in [-0.4, -0.2) is 54.6 Å². The van der Waals surface area contributed by atoms with Gasteiger partial charge in [-0.15, -0.1) is 0 Å². The Labute approximate surface area is 157 Å². The highest BCUT2D eigenvalue weighted by Gasteiger charge is 2.37. The SMILES string of the molecule is O=C(CN1CCSC1=O)NCC1(c2ccc3c(c2)OCCO3)CCCC1. The van der Waals surface area contributed by atoms with Crippen molar-refractivity contribution in [3.05, 3.63) is 23.8 Å². The number of carbonyl (C=O) groups is 2. The van der Waals surface area contributed by atoms with E-state index in [1.165, 1.54) is 17.3 Å². The third-order valence-corrected chi connectivity index (χ3v) is 6.41. The Morgan fingerprint density at radius 1 is 1.19 bits per heavy atom. The fourth-order valence-corrected chi connectivity index (χ4v) is 4.88.